The zero-order valence-corrected chi connectivity index (χ0v) is 9.00. The summed E-state index contributed by atoms with van der Waals surface area (Å²) >= 11 is 0. The maximum Gasteiger partial charge on any atom is 0.109 e. The van der Waals surface area contributed by atoms with Crippen molar-refractivity contribution in [2.45, 2.75) is 0 Å². The fourth-order valence-corrected chi connectivity index (χ4v) is 1.34. The Balaban J connectivity index is 0.000000203. The third kappa shape index (κ3) is 3.19. The Morgan fingerprint density at radius 2 is 0.875 bits per heavy atom. The Labute approximate surface area is 95.4 Å². The van der Waals surface area contributed by atoms with Crippen LogP contribution in [-0.2, 0) is 9.78 Å². The standard InChI is InChI=1S/C12H10.C2H4O2/c1-3-7-11(8-4-1)12-9-5-2-6-10-12;1-2-4-3-1/h1-10H;1-2H2. The van der Waals surface area contributed by atoms with Crippen molar-refractivity contribution in [3.8, 4) is 11.1 Å². The second-order valence-electron chi connectivity index (χ2n) is 3.38. The van der Waals surface area contributed by atoms with Crippen LogP contribution in [0, 0.1) is 0 Å². The second kappa shape index (κ2) is 6.05. The second-order valence-corrected chi connectivity index (χ2v) is 3.38. The summed E-state index contributed by atoms with van der Waals surface area (Å²) in [6.07, 6.45) is 0. The van der Waals surface area contributed by atoms with Gasteiger partial charge in [0.2, 0.25) is 0 Å². The van der Waals surface area contributed by atoms with Crippen LogP contribution >= 0.6 is 0 Å². The maximum absolute atomic E-state index is 4.22. The minimum absolute atomic E-state index is 0.778. The van der Waals surface area contributed by atoms with Gasteiger partial charge in [0.15, 0.2) is 0 Å². The number of rotatable bonds is 1. The first kappa shape index (κ1) is 10.9. The molecule has 0 spiro atoms. The van der Waals surface area contributed by atoms with Gasteiger partial charge < -0.3 is 0 Å². The van der Waals surface area contributed by atoms with E-state index in [0.717, 1.165) is 13.2 Å². The zero-order valence-electron chi connectivity index (χ0n) is 9.00. The quantitative estimate of drug-likeness (QED) is 0.678. The highest BCUT2D eigenvalue weighted by atomic mass is 17.2. The van der Waals surface area contributed by atoms with Crippen LogP contribution in [0.15, 0.2) is 60.7 Å². The van der Waals surface area contributed by atoms with Gasteiger partial charge in [-0.3, -0.25) is 0 Å². The number of hydrogen-bond acceptors (Lipinski definition) is 2. The summed E-state index contributed by atoms with van der Waals surface area (Å²) < 4.78 is 0. The summed E-state index contributed by atoms with van der Waals surface area (Å²) in [4.78, 5) is 8.44. The average Bonchev–Trinajstić information content (AvgIpc) is 2.29. The van der Waals surface area contributed by atoms with Gasteiger partial charge in [-0.15, -0.1) is 0 Å². The Kier molecular flexibility index (Phi) is 4.11. The molecule has 2 aromatic carbocycles. The largest absolute Gasteiger partial charge is 0.234 e. The zero-order chi connectivity index (χ0) is 11.1. The number of hydrogen-bond donors (Lipinski definition) is 0. The third-order valence-corrected chi connectivity index (χ3v) is 2.21. The molecule has 3 rings (SSSR count). The van der Waals surface area contributed by atoms with Crippen LogP contribution in [-0.4, -0.2) is 13.2 Å². The summed E-state index contributed by atoms with van der Waals surface area (Å²) in [5.41, 5.74) is 2.55. The summed E-state index contributed by atoms with van der Waals surface area (Å²) in [5, 5.41) is 0. The summed E-state index contributed by atoms with van der Waals surface area (Å²) in [6.45, 7) is 1.56. The van der Waals surface area contributed by atoms with E-state index in [2.05, 4.69) is 58.3 Å². The smallest absolute Gasteiger partial charge is 0.109 e. The monoisotopic (exact) mass is 214 g/mol. The van der Waals surface area contributed by atoms with Crippen molar-refractivity contribution >= 4 is 0 Å². The molecule has 16 heavy (non-hydrogen) atoms. The van der Waals surface area contributed by atoms with Crippen LogP contribution in [0.3, 0.4) is 0 Å². The lowest BCUT2D eigenvalue weighted by Gasteiger charge is -2.08. The lowest BCUT2D eigenvalue weighted by atomic mass is 10.1. The molecule has 1 aliphatic rings. The van der Waals surface area contributed by atoms with Crippen LogP contribution in [0.25, 0.3) is 11.1 Å². The van der Waals surface area contributed by atoms with Gasteiger partial charge in [0.25, 0.3) is 0 Å². The molecule has 0 radical (unpaired) electrons. The van der Waals surface area contributed by atoms with Crippen molar-refractivity contribution in [3.63, 3.8) is 0 Å². The van der Waals surface area contributed by atoms with Gasteiger partial charge >= 0.3 is 0 Å². The molecule has 1 aliphatic heterocycles. The molecule has 2 aromatic rings. The molecule has 1 heterocycles. The van der Waals surface area contributed by atoms with E-state index in [-0.39, 0.29) is 0 Å². The molecule has 0 amide bonds. The van der Waals surface area contributed by atoms with Crippen LogP contribution in [0.1, 0.15) is 0 Å². The molecule has 0 aliphatic carbocycles. The molecule has 2 nitrogen and oxygen atoms in total. The fourth-order valence-electron chi connectivity index (χ4n) is 1.34. The van der Waals surface area contributed by atoms with Crippen LogP contribution in [0.5, 0.6) is 0 Å². The van der Waals surface area contributed by atoms with Crippen molar-refractivity contribution < 1.29 is 9.78 Å². The molecule has 0 N–H and O–H groups in total. The van der Waals surface area contributed by atoms with Crippen LogP contribution in [0.4, 0.5) is 0 Å². The molecule has 0 saturated carbocycles. The Morgan fingerprint density at radius 3 is 1.12 bits per heavy atom. The fraction of sp³-hybridized carbons (Fsp3) is 0.143. The molecule has 0 bridgehead atoms. The van der Waals surface area contributed by atoms with Crippen molar-refractivity contribution in [1.29, 1.82) is 0 Å². The highest BCUT2D eigenvalue weighted by molar-refractivity contribution is 5.62. The van der Waals surface area contributed by atoms with E-state index in [0.29, 0.717) is 0 Å². The minimum Gasteiger partial charge on any atom is -0.234 e. The van der Waals surface area contributed by atoms with Gasteiger partial charge in [0.1, 0.15) is 13.2 Å². The van der Waals surface area contributed by atoms with Crippen molar-refractivity contribution in [1.82, 2.24) is 0 Å². The van der Waals surface area contributed by atoms with Gasteiger partial charge in [0.05, 0.1) is 0 Å². The first-order valence-electron chi connectivity index (χ1n) is 5.32. The van der Waals surface area contributed by atoms with Crippen molar-refractivity contribution in [3.05, 3.63) is 60.7 Å². The first-order chi connectivity index (χ1) is 7.97. The van der Waals surface area contributed by atoms with Gasteiger partial charge in [-0.25, -0.2) is 9.78 Å². The van der Waals surface area contributed by atoms with Gasteiger partial charge in [-0.2, -0.15) is 0 Å². The van der Waals surface area contributed by atoms with E-state index in [1.54, 1.807) is 0 Å². The minimum atomic E-state index is 0.778. The Bertz CT molecular complexity index is 352. The molecule has 82 valence electrons. The summed E-state index contributed by atoms with van der Waals surface area (Å²) in [6, 6.07) is 20.8. The van der Waals surface area contributed by atoms with Gasteiger partial charge in [0, 0.05) is 0 Å². The molecule has 2 heteroatoms. The van der Waals surface area contributed by atoms with Crippen molar-refractivity contribution in [2.75, 3.05) is 13.2 Å². The third-order valence-electron chi connectivity index (χ3n) is 2.21. The maximum atomic E-state index is 4.22. The van der Waals surface area contributed by atoms with E-state index in [9.17, 15) is 0 Å². The first-order valence-corrected chi connectivity index (χ1v) is 5.32. The van der Waals surface area contributed by atoms with E-state index in [4.69, 9.17) is 0 Å². The van der Waals surface area contributed by atoms with Crippen molar-refractivity contribution in [2.24, 2.45) is 0 Å². The van der Waals surface area contributed by atoms with E-state index < -0.39 is 0 Å². The Hall–Kier alpha value is -1.64. The highest BCUT2D eigenvalue weighted by Crippen LogP contribution is 2.17. The molecule has 0 atom stereocenters. The predicted octanol–water partition coefficient (Wildman–Crippen LogP) is 3.30. The SMILES string of the molecule is C1COO1.c1ccc(-c2ccccc2)cc1. The topological polar surface area (TPSA) is 18.5 Å². The van der Waals surface area contributed by atoms with E-state index in [1.807, 2.05) is 12.1 Å². The molecule has 1 saturated heterocycles. The molecular formula is C14H14O2. The summed E-state index contributed by atoms with van der Waals surface area (Å²) in [5.74, 6) is 0. The molecule has 1 fully saturated rings. The summed E-state index contributed by atoms with van der Waals surface area (Å²) in [7, 11) is 0. The highest BCUT2D eigenvalue weighted by Gasteiger charge is 1.95. The molecule has 0 unspecified atom stereocenters. The number of benzene rings is 2. The van der Waals surface area contributed by atoms with E-state index in [1.165, 1.54) is 11.1 Å². The van der Waals surface area contributed by atoms with Crippen LogP contribution < -0.4 is 0 Å². The van der Waals surface area contributed by atoms with E-state index >= 15 is 0 Å². The average molecular weight is 214 g/mol. The predicted molar refractivity (Wildman–Crippen MR) is 63.8 cm³/mol. The van der Waals surface area contributed by atoms with Gasteiger partial charge in [-0.05, 0) is 11.1 Å². The lowest BCUT2D eigenvalue weighted by Crippen LogP contribution is -2.14. The molecular weight excluding hydrogens is 200 g/mol. The molecule has 0 aromatic heterocycles. The van der Waals surface area contributed by atoms with Crippen LogP contribution in [0.2, 0.25) is 0 Å². The van der Waals surface area contributed by atoms with Gasteiger partial charge in [-0.1, -0.05) is 60.7 Å². The normalized spacial score (nSPS) is 13.2. The Morgan fingerprint density at radius 1 is 0.562 bits per heavy atom. The lowest BCUT2D eigenvalue weighted by molar-refractivity contribution is -0.382.